The molecule has 1 amide bonds. The maximum Gasteiger partial charge on any atom is 0.236 e. The van der Waals surface area contributed by atoms with E-state index in [0.717, 1.165) is 0 Å². The Morgan fingerprint density at radius 1 is 1.03 bits per heavy atom. The molecule has 3 rings (SSSR count). The summed E-state index contributed by atoms with van der Waals surface area (Å²) in [6.45, 7) is 3.26. The SMILES string of the molecule is N#CCCN(CCC#N)C(=O)CN1CCC(C(=O)c2ccc3c(c2)OCCO3)CC1. The predicted molar refractivity (Wildman–Crippen MR) is 108 cm³/mol. The highest BCUT2D eigenvalue weighted by Gasteiger charge is 2.28. The number of nitriles is 2. The summed E-state index contributed by atoms with van der Waals surface area (Å²) in [6.07, 6.45) is 1.89. The van der Waals surface area contributed by atoms with Gasteiger partial charge in [0, 0.05) is 24.6 Å². The summed E-state index contributed by atoms with van der Waals surface area (Å²) in [5.41, 5.74) is 0.632. The zero-order chi connectivity index (χ0) is 21.3. The lowest BCUT2D eigenvalue weighted by molar-refractivity contribution is -0.132. The highest BCUT2D eigenvalue weighted by atomic mass is 16.6. The van der Waals surface area contributed by atoms with Crippen LogP contribution in [0, 0.1) is 28.6 Å². The number of likely N-dealkylation sites (tertiary alicyclic amines) is 1. The van der Waals surface area contributed by atoms with Crippen LogP contribution in [-0.4, -0.2) is 67.4 Å². The highest BCUT2D eigenvalue weighted by molar-refractivity contribution is 5.98. The van der Waals surface area contributed by atoms with Crippen LogP contribution >= 0.6 is 0 Å². The minimum atomic E-state index is -0.0767. The number of fused-ring (bicyclic) bond motifs is 1. The molecule has 2 aliphatic heterocycles. The molecule has 0 radical (unpaired) electrons. The van der Waals surface area contributed by atoms with Gasteiger partial charge >= 0.3 is 0 Å². The minimum absolute atomic E-state index is 0.0721. The van der Waals surface area contributed by atoms with Gasteiger partial charge in [-0.2, -0.15) is 10.5 Å². The highest BCUT2D eigenvalue weighted by Crippen LogP contribution is 2.32. The second-order valence-corrected chi connectivity index (χ2v) is 7.47. The van der Waals surface area contributed by atoms with Crippen molar-refractivity contribution >= 4 is 11.7 Å². The number of Topliss-reactive ketones (excluding diaryl/α,β-unsaturated/α-hetero) is 1. The molecule has 2 heterocycles. The lowest BCUT2D eigenvalue weighted by Crippen LogP contribution is -2.44. The van der Waals surface area contributed by atoms with E-state index in [4.69, 9.17) is 20.0 Å². The summed E-state index contributed by atoms with van der Waals surface area (Å²) in [5.74, 6) is 1.24. The largest absolute Gasteiger partial charge is 0.486 e. The summed E-state index contributed by atoms with van der Waals surface area (Å²) in [6, 6.07) is 9.41. The van der Waals surface area contributed by atoms with Crippen LogP contribution in [0.4, 0.5) is 0 Å². The van der Waals surface area contributed by atoms with Crippen molar-refractivity contribution in [2.24, 2.45) is 5.92 Å². The average molecular weight is 410 g/mol. The molecule has 30 heavy (non-hydrogen) atoms. The lowest BCUT2D eigenvalue weighted by Gasteiger charge is -2.32. The molecule has 1 aromatic rings. The summed E-state index contributed by atoms with van der Waals surface area (Å²) in [7, 11) is 0. The number of amides is 1. The number of nitrogens with zero attached hydrogens (tertiary/aromatic N) is 4. The number of piperidine rings is 1. The Labute approximate surface area is 176 Å². The third-order valence-corrected chi connectivity index (χ3v) is 5.48. The minimum Gasteiger partial charge on any atom is -0.486 e. The number of benzene rings is 1. The topological polar surface area (TPSA) is 107 Å². The van der Waals surface area contributed by atoms with Crippen molar-refractivity contribution in [3.05, 3.63) is 23.8 Å². The standard InChI is InChI=1S/C22H26N4O4/c23-7-1-9-26(10-2-8-24)21(27)16-25-11-5-17(6-12-25)22(28)18-3-4-19-20(15-18)30-14-13-29-19/h3-4,15,17H,1-2,5-6,9-14,16H2. The van der Waals surface area contributed by atoms with Crippen LogP contribution in [0.5, 0.6) is 11.5 Å². The molecule has 1 saturated heterocycles. The summed E-state index contributed by atoms with van der Waals surface area (Å²) >= 11 is 0. The van der Waals surface area contributed by atoms with Gasteiger partial charge in [0.15, 0.2) is 17.3 Å². The van der Waals surface area contributed by atoms with Crippen LogP contribution in [-0.2, 0) is 4.79 Å². The first-order chi connectivity index (χ1) is 14.6. The van der Waals surface area contributed by atoms with Gasteiger partial charge in [-0.25, -0.2) is 0 Å². The number of ketones is 1. The van der Waals surface area contributed by atoms with E-state index in [1.807, 2.05) is 17.0 Å². The number of carbonyl (C=O) groups is 2. The average Bonchev–Trinajstić information content (AvgIpc) is 2.78. The van der Waals surface area contributed by atoms with Crippen LogP contribution in [0.1, 0.15) is 36.0 Å². The van der Waals surface area contributed by atoms with Crippen LogP contribution in [0.2, 0.25) is 0 Å². The van der Waals surface area contributed by atoms with E-state index < -0.39 is 0 Å². The van der Waals surface area contributed by atoms with Crippen molar-refractivity contribution < 1.29 is 19.1 Å². The molecule has 0 N–H and O–H groups in total. The van der Waals surface area contributed by atoms with E-state index in [9.17, 15) is 9.59 Å². The van der Waals surface area contributed by atoms with E-state index in [-0.39, 0.29) is 37.0 Å². The molecule has 0 aliphatic carbocycles. The molecule has 158 valence electrons. The van der Waals surface area contributed by atoms with Gasteiger partial charge in [-0.15, -0.1) is 0 Å². The van der Waals surface area contributed by atoms with Gasteiger partial charge in [-0.1, -0.05) is 0 Å². The molecule has 0 aromatic heterocycles. The third kappa shape index (κ3) is 5.49. The smallest absolute Gasteiger partial charge is 0.236 e. The van der Waals surface area contributed by atoms with Gasteiger partial charge in [-0.05, 0) is 44.1 Å². The van der Waals surface area contributed by atoms with Crippen molar-refractivity contribution in [3.8, 4) is 23.6 Å². The molecule has 8 heteroatoms. The van der Waals surface area contributed by atoms with Crippen molar-refractivity contribution in [2.75, 3.05) is 45.9 Å². The summed E-state index contributed by atoms with van der Waals surface area (Å²) < 4.78 is 11.1. The van der Waals surface area contributed by atoms with E-state index in [1.165, 1.54) is 0 Å². The van der Waals surface area contributed by atoms with Crippen molar-refractivity contribution in [2.45, 2.75) is 25.7 Å². The van der Waals surface area contributed by atoms with Crippen LogP contribution < -0.4 is 9.47 Å². The maximum atomic E-state index is 12.9. The third-order valence-electron chi connectivity index (χ3n) is 5.48. The second kappa shape index (κ2) is 10.6. The number of rotatable bonds is 8. The van der Waals surface area contributed by atoms with Crippen LogP contribution in [0.25, 0.3) is 0 Å². The van der Waals surface area contributed by atoms with Gasteiger partial charge < -0.3 is 14.4 Å². The first-order valence-electron chi connectivity index (χ1n) is 10.3. The molecule has 1 fully saturated rings. The summed E-state index contributed by atoms with van der Waals surface area (Å²) in [4.78, 5) is 29.1. The van der Waals surface area contributed by atoms with E-state index in [1.54, 1.807) is 23.1 Å². The number of hydrogen-bond acceptors (Lipinski definition) is 7. The monoisotopic (exact) mass is 410 g/mol. The van der Waals surface area contributed by atoms with Crippen molar-refractivity contribution in [3.63, 3.8) is 0 Å². The Morgan fingerprint density at radius 3 is 2.30 bits per heavy atom. The predicted octanol–water partition coefficient (Wildman–Crippen LogP) is 2.01. The summed E-state index contributed by atoms with van der Waals surface area (Å²) in [5, 5.41) is 17.5. The quantitative estimate of drug-likeness (QED) is 0.603. The zero-order valence-electron chi connectivity index (χ0n) is 17.0. The Morgan fingerprint density at radius 2 is 1.67 bits per heavy atom. The Hall–Kier alpha value is -3.10. The fraction of sp³-hybridized carbons (Fsp3) is 0.545. The van der Waals surface area contributed by atoms with Gasteiger partial charge in [0.05, 0.1) is 31.5 Å². The fourth-order valence-electron chi connectivity index (χ4n) is 3.81. The van der Waals surface area contributed by atoms with Crippen molar-refractivity contribution in [1.82, 2.24) is 9.80 Å². The molecule has 0 spiro atoms. The Bertz CT molecular complexity index is 832. The number of ether oxygens (including phenoxy) is 2. The lowest BCUT2D eigenvalue weighted by atomic mass is 9.88. The first kappa shape index (κ1) is 21.6. The molecule has 1 aromatic carbocycles. The Kier molecular flexibility index (Phi) is 7.64. The molecule has 8 nitrogen and oxygen atoms in total. The van der Waals surface area contributed by atoms with Gasteiger partial charge in [0.25, 0.3) is 0 Å². The molecule has 0 saturated carbocycles. The molecular weight excluding hydrogens is 384 g/mol. The van der Waals surface area contributed by atoms with E-state index >= 15 is 0 Å². The maximum absolute atomic E-state index is 12.9. The Balaban J connectivity index is 1.51. The zero-order valence-corrected chi connectivity index (χ0v) is 17.0. The van der Waals surface area contributed by atoms with Crippen LogP contribution in [0.3, 0.4) is 0 Å². The van der Waals surface area contributed by atoms with Gasteiger partial charge in [0.2, 0.25) is 5.91 Å². The second-order valence-electron chi connectivity index (χ2n) is 7.47. The first-order valence-corrected chi connectivity index (χ1v) is 10.3. The van der Waals surface area contributed by atoms with Gasteiger partial charge in [0.1, 0.15) is 13.2 Å². The molecular formula is C22H26N4O4. The van der Waals surface area contributed by atoms with Gasteiger partial charge in [-0.3, -0.25) is 14.5 Å². The normalized spacial score (nSPS) is 16.3. The molecule has 0 atom stereocenters. The van der Waals surface area contributed by atoms with Crippen LogP contribution in [0.15, 0.2) is 18.2 Å². The molecule has 0 bridgehead atoms. The van der Waals surface area contributed by atoms with Crippen molar-refractivity contribution in [1.29, 1.82) is 10.5 Å². The fourth-order valence-corrected chi connectivity index (χ4v) is 3.81. The molecule has 2 aliphatic rings. The number of carbonyl (C=O) groups excluding carboxylic acids is 2. The number of hydrogen-bond donors (Lipinski definition) is 0. The van der Waals surface area contributed by atoms with E-state index in [2.05, 4.69) is 0 Å². The molecule has 0 unspecified atom stereocenters. The van der Waals surface area contributed by atoms with E-state index in [0.29, 0.717) is 69.3 Å².